The Hall–Kier alpha value is -1.16. The van der Waals surface area contributed by atoms with E-state index in [4.69, 9.17) is 0 Å². The van der Waals surface area contributed by atoms with Gasteiger partial charge < -0.3 is 9.80 Å². The molecule has 2 atom stereocenters. The third-order valence-electron chi connectivity index (χ3n) is 3.84. The molecule has 86 valence electrons. The fourth-order valence-electron chi connectivity index (χ4n) is 2.97. The summed E-state index contributed by atoms with van der Waals surface area (Å²) >= 11 is 0. The van der Waals surface area contributed by atoms with E-state index >= 15 is 0 Å². The molecule has 2 aliphatic rings. The van der Waals surface area contributed by atoms with Gasteiger partial charge in [-0.1, -0.05) is 6.92 Å². The van der Waals surface area contributed by atoms with Gasteiger partial charge in [0.2, 0.25) is 5.95 Å². The van der Waals surface area contributed by atoms with Crippen molar-refractivity contribution < 1.29 is 0 Å². The molecule has 2 aliphatic heterocycles. The van der Waals surface area contributed by atoms with E-state index in [0.717, 1.165) is 30.9 Å². The Balaban J connectivity index is 1.68. The van der Waals surface area contributed by atoms with Crippen molar-refractivity contribution in [2.45, 2.75) is 6.92 Å². The Bertz CT molecular complexity index is 339. The van der Waals surface area contributed by atoms with Crippen molar-refractivity contribution in [1.29, 1.82) is 0 Å². The highest BCUT2D eigenvalue weighted by atomic mass is 15.3. The van der Waals surface area contributed by atoms with Crippen LogP contribution in [0.3, 0.4) is 0 Å². The maximum atomic E-state index is 4.33. The van der Waals surface area contributed by atoms with Crippen LogP contribution in [0.5, 0.6) is 0 Å². The van der Waals surface area contributed by atoms with Crippen LogP contribution in [0.15, 0.2) is 18.5 Å². The molecule has 0 N–H and O–H groups in total. The molecule has 2 fully saturated rings. The average molecular weight is 218 g/mol. The van der Waals surface area contributed by atoms with Gasteiger partial charge in [-0.3, -0.25) is 0 Å². The maximum absolute atomic E-state index is 4.33. The quantitative estimate of drug-likeness (QED) is 0.737. The summed E-state index contributed by atoms with van der Waals surface area (Å²) in [5, 5.41) is 0. The van der Waals surface area contributed by atoms with Crippen molar-refractivity contribution in [3.63, 3.8) is 0 Å². The Morgan fingerprint density at radius 3 is 2.31 bits per heavy atom. The van der Waals surface area contributed by atoms with Crippen molar-refractivity contribution >= 4 is 5.95 Å². The topological polar surface area (TPSA) is 32.3 Å². The van der Waals surface area contributed by atoms with Gasteiger partial charge in [-0.15, -0.1) is 0 Å². The summed E-state index contributed by atoms with van der Waals surface area (Å²) in [5.41, 5.74) is 0. The van der Waals surface area contributed by atoms with Crippen LogP contribution in [0.2, 0.25) is 0 Å². The number of likely N-dealkylation sites (tertiary alicyclic amines) is 1. The van der Waals surface area contributed by atoms with Crippen LogP contribution >= 0.6 is 0 Å². The fraction of sp³-hybridized carbons (Fsp3) is 0.667. The van der Waals surface area contributed by atoms with Gasteiger partial charge in [0, 0.05) is 38.6 Å². The molecular weight excluding hydrogens is 200 g/mol. The molecule has 3 rings (SSSR count). The van der Waals surface area contributed by atoms with E-state index in [1.165, 1.54) is 19.6 Å². The summed E-state index contributed by atoms with van der Waals surface area (Å²) < 4.78 is 0. The van der Waals surface area contributed by atoms with Gasteiger partial charge in [0.15, 0.2) is 0 Å². The largest absolute Gasteiger partial charge is 0.340 e. The molecule has 4 nitrogen and oxygen atoms in total. The van der Waals surface area contributed by atoms with Crippen LogP contribution in [-0.2, 0) is 0 Å². The molecule has 0 radical (unpaired) electrons. The van der Waals surface area contributed by atoms with Crippen molar-refractivity contribution in [3.05, 3.63) is 18.5 Å². The predicted molar refractivity (Wildman–Crippen MR) is 63.3 cm³/mol. The van der Waals surface area contributed by atoms with Gasteiger partial charge in [0.25, 0.3) is 0 Å². The van der Waals surface area contributed by atoms with Crippen molar-refractivity contribution in [3.8, 4) is 0 Å². The van der Waals surface area contributed by atoms with Crippen LogP contribution in [0.25, 0.3) is 0 Å². The van der Waals surface area contributed by atoms with Gasteiger partial charge in [0.05, 0.1) is 0 Å². The zero-order valence-corrected chi connectivity index (χ0v) is 9.71. The number of rotatable bonds is 2. The summed E-state index contributed by atoms with van der Waals surface area (Å²) in [7, 11) is 0. The lowest BCUT2D eigenvalue weighted by molar-refractivity contribution is 0.334. The summed E-state index contributed by atoms with van der Waals surface area (Å²) in [6, 6.07) is 1.87. The number of anilines is 1. The number of hydrogen-bond acceptors (Lipinski definition) is 4. The lowest BCUT2D eigenvalue weighted by atomic mass is 10.0. The first-order chi connectivity index (χ1) is 7.86. The van der Waals surface area contributed by atoms with Crippen molar-refractivity contribution in [1.82, 2.24) is 14.9 Å². The highest BCUT2D eigenvalue weighted by Crippen LogP contribution is 2.32. The molecule has 0 amide bonds. The third-order valence-corrected chi connectivity index (χ3v) is 3.84. The molecule has 0 aromatic carbocycles. The number of fused-ring (bicyclic) bond motifs is 1. The highest BCUT2D eigenvalue weighted by Gasteiger charge is 2.39. The van der Waals surface area contributed by atoms with Gasteiger partial charge in [0.1, 0.15) is 0 Å². The Kier molecular flexibility index (Phi) is 2.52. The molecule has 3 heterocycles. The second-order valence-electron chi connectivity index (χ2n) is 4.83. The third kappa shape index (κ3) is 1.67. The molecule has 1 aromatic rings. The summed E-state index contributed by atoms with van der Waals surface area (Å²) in [5.74, 6) is 2.55. The van der Waals surface area contributed by atoms with E-state index in [1.54, 1.807) is 0 Å². The molecule has 4 heteroatoms. The standard InChI is InChI=1S/C12H18N4/c1-2-15-6-10-8-16(9-11(10)7-15)12-13-4-3-5-14-12/h3-5,10-11H,2,6-9H2,1H3/t10-,11+. The fourth-order valence-corrected chi connectivity index (χ4v) is 2.97. The van der Waals surface area contributed by atoms with E-state index in [0.29, 0.717) is 0 Å². The summed E-state index contributed by atoms with van der Waals surface area (Å²) in [6.07, 6.45) is 3.66. The summed E-state index contributed by atoms with van der Waals surface area (Å²) in [4.78, 5) is 13.5. The summed E-state index contributed by atoms with van der Waals surface area (Å²) in [6.45, 7) is 8.21. The van der Waals surface area contributed by atoms with Crippen molar-refractivity contribution in [2.24, 2.45) is 11.8 Å². The second kappa shape index (κ2) is 4.01. The molecule has 16 heavy (non-hydrogen) atoms. The van der Waals surface area contributed by atoms with Crippen LogP contribution in [0, 0.1) is 11.8 Å². The van der Waals surface area contributed by atoms with Crippen LogP contribution in [-0.4, -0.2) is 47.6 Å². The average Bonchev–Trinajstić information content (AvgIpc) is 2.87. The first kappa shape index (κ1) is 10.0. The van der Waals surface area contributed by atoms with Gasteiger partial charge >= 0.3 is 0 Å². The maximum Gasteiger partial charge on any atom is 0.225 e. The van der Waals surface area contributed by atoms with Crippen molar-refractivity contribution in [2.75, 3.05) is 37.6 Å². The van der Waals surface area contributed by atoms with Gasteiger partial charge in [-0.25, -0.2) is 9.97 Å². The molecule has 0 aliphatic carbocycles. The van der Waals surface area contributed by atoms with E-state index < -0.39 is 0 Å². The smallest absolute Gasteiger partial charge is 0.225 e. The molecule has 0 bridgehead atoms. The number of nitrogens with zero attached hydrogens (tertiary/aromatic N) is 4. The lowest BCUT2D eigenvalue weighted by Crippen LogP contribution is -2.29. The van der Waals surface area contributed by atoms with Gasteiger partial charge in [-0.05, 0) is 24.4 Å². The normalized spacial score (nSPS) is 29.7. The lowest BCUT2D eigenvalue weighted by Gasteiger charge is -2.20. The minimum absolute atomic E-state index is 0.823. The molecule has 2 saturated heterocycles. The van der Waals surface area contributed by atoms with E-state index in [-0.39, 0.29) is 0 Å². The van der Waals surface area contributed by atoms with E-state index in [2.05, 4.69) is 26.7 Å². The molecule has 1 aromatic heterocycles. The molecule has 0 saturated carbocycles. The zero-order chi connectivity index (χ0) is 11.0. The van der Waals surface area contributed by atoms with Crippen LogP contribution < -0.4 is 4.90 Å². The minimum Gasteiger partial charge on any atom is -0.340 e. The number of aromatic nitrogens is 2. The Morgan fingerprint density at radius 2 is 1.75 bits per heavy atom. The van der Waals surface area contributed by atoms with E-state index in [9.17, 15) is 0 Å². The molecule has 0 spiro atoms. The SMILES string of the molecule is CCN1C[C@@H]2CN(c3ncccn3)C[C@@H]2C1. The molecular formula is C12H18N4. The second-order valence-corrected chi connectivity index (χ2v) is 4.83. The first-order valence-corrected chi connectivity index (χ1v) is 6.11. The van der Waals surface area contributed by atoms with Gasteiger partial charge in [-0.2, -0.15) is 0 Å². The first-order valence-electron chi connectivity index (χ1n) is 6.11. The minimum atomic E-state index is 0.823. The molecule has 0 unspecified atom stereocenters. The monoisotopic (exact) mass is 218 g/mol. The van der Waals surface area contributed by atoms with Crippen LogP contribution in [0.4, 0.5) is 5.95 Å². The Labute approximate surface area is 96.3 Å². The number of hydrogen-bond donors (Lipinski definition) is 0. The van der Waals surface area contributed by atoms with Crippen LogP contribution in [0.1, 0.15) is 6.92 Å². The zero-order valence-electron chi connectivity index (χ0n) is 9.71. The Morgan fingerprint density at radius 1 is 1.12 bits per heavy atom. The highest BCUT2D eigenvalue weighted by molar-refractivity contribution is 5.31. The van der Waals surface area contributed by atoms with E-state index in [1.807, 2.05) is 18.5 Å². The predicted octanol–water partition coefficient (Wildman–Crippen LogP) is 0.864.